The Hall–Kier alpha value is -4.66. The molecule has 10 nitrogen and oxygen atoms in total. The second-order valence-corrected chi connectivity index (χ2v) is 15.2. The minimum atomic E-state index is -4.85. The van der Waals surface area contributed by atoms with Gasteiger partial charge in [-0.25, -0.2) is 14.3 Å². The number of pyridine rings is 1. The molecular formula is C36H25Cl3F4N4O6. The molecule has 0 bridgehead atoms. The van der Waals surface area contributed by atoms with E-state index in [1.807, 2.05) is 0 Å². The molecule has 4 heterocycles. The third kappa shape index (κ3) is 5.01. The van der Waals surface area contributed by atoms with Crippen LogP contribution < -0.4 is 14.6 Å². The molecule has 3 fully saturated rings. The number of halogens is 7. The third-order valence-corrected chi connectivity index (χ3v) is 12.5. The van der Waals surface area contributed by atoms with Crippen LogP contribution in [-0.4, -0.2) is 55.5 Å². The predicted octanol–water partition coefficient (Wildman–Crippen LogP) is 6.56. The summed E-state index contributed by atoms with van der Waals surface area (Å²) >= 11 is 21.0. The zero-order chi connectivity index (χ0) is 37.9. The van der Waals surface area contributed by atoms with Crippen molar-refractivity contribution < 1.29 is 46.6 Å². The van der Waals surface area contributed by atoms with E-state index in [4.69, 9.17) is 39.5 Å². The number of hydrogen-bond acceptors (Lipinski definition) is 8. The largest absolute Gasteiger partial charge is 0.508 e. The SMILES string of the molecule is CN(c1nc(C(F)(F)F)ccc1Cl)N1C(=O)[C@H]2[C@H](CC=C3[C@H](C4=COc5ccc(O)cc5C4)[C@]4(Cl)C(=O)N(c5ccc(F)cc5)C(=O)[C@]4(Cl)C[C@H]32)C1=O. The molecule has 0 radical (unpaired) electrons. The first-order chi connectivity index (χ1) is 25.0. The highest BCUT2D eigenvalue weighted by Gasteiger charge is 2.77. The van der Waals surface area contributed by atoms with Crippen molar-refractivity contribution in [1.29, 1.82) is 0 Å². The number of rotatable bonds is 4. The number of imide groups is 2. The molecule has 1 saturated carbocycles. The molecule has 1 N–H and O–H groups in total. The molecule has 0 unspecified atom stereocenters. The topological polar surface area (TPSA) is 120 Å². The summed E-state index contributed by atoms with van der Waals surface area (Å²) in [5.74, 6) is -8.59. The highest BCUT2D eigenvalue weighted by molar-refractivity contribution is 6.58. The number of carbonyl (C=O) groups excluding carboxylic acids is 4. The predicted molar refractivity (Wildman–Crippen MR) is 182 cm³/mol. The maximum atomic E-state index is 14.6. The number of hydrazine groups is 1. The van der Waals surface area contributed by atoms with Crippen LogP contribution in [0, 0.1) is 29.5 Å². The molecule has 4 amide bonds. The fraction of sp³-hybridized carbons (Fsp3) is 0.306. The standard InChI is InChI=1S/C36H25Cl3F4N4O6/c1-45(29-24(37)9-11-26(44-29)36(41,42)43)47-30(49)22-8-7-21-23(27(22)31(47)50)14-34(38)32(51)46(19-4-2-18(40)3-5-19)33(52)35(34,39)28(21)17-12-16-13-20(48)6-10-25(16)53-15-17/h2-7,9-11,13,15,22-23,27-28,48H,8,12,14H2,1H3/t22-,23+,27-,28-,34+,35-/m0/s1. The Morgan fingerprint density at radius 1 is 0.981 bits per heavy atom. The number of phenolic OH excluding ortho intramolecular Hbond substituents is 1. The molecule has 2 saturated heterocycles. The fourth-order valence-electron chi connectivity index (χ4n) is 8.40. The van der Waals surface area contributed by atoms with Gasteiger partial charge in [0.2, 0.25) is 0 Å². The zero-order valence-corrected chi connectivity index (χ0v) is 29.5. The number of fused-ring (bicyclic) bond motifs is 5. The van der Waals surface area contributed by atoms with Gasteiger partial charge in [-0.2, -0.15) is 18.2 Å². The number of anilines is 2. The van der Waals surface area contributed by atoms with E-state index in [1.165, 1.54) is 37.6 Å². The normalized spacial score (nSPS) is 29.2. The number of carbonyl (C=O) groups is 4. The number of phenols is 1. The van der Waals surface area contributed by atoms with Crippen molar-refractivity contribution in [1.82, 2.24) is 9.99 Å². The van der Waals surface area contributed by atoms with Crippen LogP contribution in [0.2, 0.25) is 5.02 Å². The lowest BCUT2D eigenvalue weighted by Gasteiger charge is -2.51. The number of amides is 4. The monoisotopic (exact) mass is 790 g/mol. The second kappa shape index (κ2) is 11.9. The molecule has 3 aromatic rings. The van der Waals surface area contributed by atoms with Gasteiger partial charge in [-0.1, -0.05) is 23.3 Å². The van der Waals surface area contributed by atoms with Gasteiger partial charge in [-0.15, -0.1) is 23.2 Å². The Labute approximate surface area is 313 Å². The summed E-state index contributed by atoms with van der Waals surface area (Å²) in [5, 5.41) is 11.5. The van der Waals surface area contributed by atoms with E-state index < -0.39 is 87.0 Å². The summed E-state index contributed by atoms with van der Waals surface area (Å²) < 4.78 is 60.7. The van der Waals surface area contributed by atoms with Crippen LogP contribution in [0.25, 0.3) is 0 Å². The first-order valence-electron chi connectivity index (χ1n) is 16.2. The number of alkyl halides is 5. The number of hydrogen-bond donors (Lipinski definition) is 1. The van der Waals surface area contributed by atoms with E-state index in [9.17, 15) is 41.8 Å². The minimum Gasteiger partial charge on any atom is -0.508 e. The number of aromatic nitrogens is 1. The van der Waals surface area contributed by atoms with Crippen LogP contribution in [0.5, 0.6) is 11.5 Å². The van der Waals surface area contributed by atoms with Crippen molar-refractivity contribution in [2.75, 3.05) is 17.0 Å². The lowest BCUT2D eigenvalue weighted by molar-refractivity contribution is -0.141. The van der Waals surface area contributed by atoms with Gasteiger partial charge in [0.15, 0.2) is 15.6 Å². The average molecular weight is 792 g/mol. The van der Waals surface area contributed by atoms with Crippen molar-refractivity contribution in [2.45, 2.75) is 35.2 Å². The van der Waals surface area contributed by atoms with Crippen molar-refractivity contribution >= 4 is 69.9 Å². The van der Waals surface area contributed by atoms with E-state index in [0.29, 0.717) is 33.5 Å². The Bertz CT molecular complexity index is 2220. The van der Waals surface area contributed by atoms with Gasteiger partial charge in [0.05, 0.1) is 28.8 Å². The highest BCUT2D eigenvalue weighted by Crippen LogP contribution is 2.65. The molecule has 3 aliphatic heterocycles. The van der Waals surface area contributed by atoms with Gasteiger partial charge < -0.3 is 9.84 Å². The Balaban J connectivity index is 1.24. The highest BCUT2D eigenvalue weighted by atomic mass is 35.5. The zero-order valence-electron chi connectivity index (χ0n) is 27.2. The van der Waals surface area contributed by atoms with E-state index in [0.717, 1.165) is 28.1 Å². The van der Waals surface area contributed by atoms with Crippen LogP contribution in [0.1, 0.15) is 24.1 Å². The Morgan fingerprint density at radius 3 is 2.40 bits per heavy atom. The van der Waals surface area contributed by atoms with Crippen molar-refractivity contribution in [3.8, 4) is 11.5 Å². The van der Waals surface area contributed by atoms with Crippen LogP contribution in [0.15, 0.2) is 78.1 Å². The molecule has 17 heteroatoms. The molecule has 274 valence electrons. The molecule has 2 aliphatic carbocycles. The molecule has 1 aromatic heterocycles. The molecule has 5 aliphatic rings. The minimum absolute atomic E-state index is 0.000967. The summed E-state index contributed by atoms with van der Waals surface area (Å²) in [5.41, 5.74) is 0.0370. The molecule has 6 atom stereocenters. The maximum absolute atomic E-state index is 14.6. The summed E-state index contributed by atoms with van der Waals surface area (Å²) in [4.78, 5) is 57.4. The number of nitrogens with zero attached hydrogens (tertiary/aromatic N) is 4. The molecule has 0 spiro atoms. The van der Waals surface area contributed by atoms with E-state index in [1.54, 1.807) is 12.1 Å². The lowest BCUT2D eigenvalue weighted by Crippen LogP contribution is -2.61. The second-order valence-electron chi connectivity index (χ2n) is 13.5. The number of aromatic hydroxyl groups is 1. The first kappa shape index (κ1) is 35.4. The summed E-state index contributed by atoms with van der Waals surface area (Å²) in [6, 6.07) is 10.6. The first-order valence-corrected chi connectivity index (χ1v) is 17.4. The molecular weight excluding hydrogens is 767 g/mol. The van der Waals surface area contributed by atoms with Crippen LogP contribution in [-0.2, 0) is 31.8 Å². The van der Waals surface area contributed by atoms with Crippen LogP contribution >= 0.6 is 34.8 Å². The Kier molecular flexibility index (Phi) is 7.96. The van der Waals surface area contributed by atoms with Gasteiger partial charge >= 0.3 is 6.18 Å². The van der Waals surface area contributed by atoms with Gasteiger partial charge in [0.1, 0.15) is 23.0 Å². The van der Waals surface area contributed by atoms with Gasteiger partial charge in [0, 0.05) is 24.9 Å². The molecule has 53 heavy (non-hydrogen) atoms. The number of ether oxygens (including phenoxy) is 1. The maximum Gasteiger partial charge on any atom is 0.433 e. The van der Waals surface area contributed by atoms with Crippen molar-refractivity contribution in [3.05, 3.63) is 100 Å². The van der Waals surface area contributed by atoms with E-state index in [2.05, 4.69) is 4.98 Å². The van der Waals surface area contributed by atoms with Gasteiger partial charge in [-0.3, -0.25) is 24.2 Å². The van der Waals surface area contributed by atoms with Crippen molar-refractivity contribution in [2.24, 2.45) is 23.7 Å². The van der Waals surface area contributed by atoms with E-state index >= 15 is 0 Å². The Morgan fingerprint density at radius 2 is 1.70 bits per heavy atom. The average Bonchev–Trinajstić information content (AvgIpc) is 3.45. The fourth-order valence-corrected chi connectivity index (χ4v) is 9.58. The summed E-state index contributed by atoms with van der Waals surface area (Å²) in [7, 11) is 1.18. The van der Waals surface area contributed by atoms with Gasteiger partial charge in [-0.05, 0) is 78.9 Å². The smallest absolute Gasteiger partial charge is 0.433 e. The molecule has 2 aromatic carbocycles. The summed E-state index contributed by atoms with van der Waals surface area (Å²) in [6.45, 7) is 0. The van der Waals surface area contributed by atoms with Crippen LogP contribution in [0.3, 0.4) is 0 Å². The molecule has 8 rings (SSSR count). The quantitative estimate of drug-likeness (QED) is 0.137. The lowest BCUT2D eigenvalue weighted by atomic mass is 9.56. The summed E-state index contributed by atoms with van der Waals surface area (Å²) in [6.07, 6.45) is -2.15. The van der Waals surface area contributed by atoms with Crippen molar-refractivity contribution in [3.63, 3.8) is 0 Å². The number of allylic oxidation sites excluding steroid dienone is 3. The third-order valence-electron chi connectivity index (χ3n) is 10.7. The van der Waals surface area contributed by atoms with Crippen LogP contribution in [0.4, 0.5) is 29.1 Å². The van der Waals surface area contributed by atoms with Gasteiger partial charge in [0.25, 0.3) is 23.6 Å². The van der Waals surface area contributed by atoms with E-state index in [-0.39, 0.29) is 29.3 Å². The number of benzene rings is 2.